The molecule has 2 rings (SSSR count). The molecule has 0 N–H and O–H groups in total. The number of aromatic nitrogens is 2. The lowest BCUT2D eigenvalue weighted by molar-refractivity contribution is 0.206. The summed E-state index contributed by atoms with van der Waals surface area (Å²) >= 11 is 0. The third kappa shape index (κ3) is 12.5. The summed E-state index contributed by atoms with van der Waals surface area (Å²) in [4.78, 5) is 9.23. The molecule has 0 saturated heterocycles. The normalized spacial score (nSPS) is 12.1. The average Bonchev–Trinajstić information content (AvgIpc) is 2.86. The molecular formula is C31H50N2O. The largest absolute Gasteiger partial charge is 0.491 e. The van der Waals surface area contributed by atoms with Crippen LogP contribution in [-0.2, 0) is 6.42 Å². The molecule has 0 aliphatic rings. The summed E-state index contributed by atoms with van der Waals surface area (Å²) in [5.41, 5.74) is 2.29. The Morgan fingerprint density at radius 2 is 1.15 bits per heavy atom. The van der Waals surface area contributed by atoms with E-state index in [4.69, 9.17) is 4.74 Å². The second-order valence-corrected chi connectivity index (χ2v) is 10.0. The summed E-state index contributed by atoms with van der Waals surface area (Å²) in [5.74, 6) is 1.72. The Morgan fingerprint density at radius 1 is 0.647 bits per heavy atom. The lowest BCUT2D eigenvalue weighted by atomic mass is 10.0. The molecule has 0 fully saturated rings. The zero-order chi connectivity index (χ0) is 24.3. The van der Waals surface area contributed by atoms with Crippen molar-refractivity contribution in [2.45, 2.75) is 136 Å². The van der Waals surface area contributed by atoms with Gasteiger partial charge in [-0.25, -0.2) is 9.97 Å². The Kier molecular flexibility index (Phi) is 15.4. The Morgan fingerprint density at radius 3 is 1.71 bits per heavy atom. The Hall–Kier alpha value is -1.90. The van der Waals surface area contributed by atoms with Crippen LogP contribution in [-0.4, -0.2) is 16.1 Å². The van der Waals surface area contributed by atoms with Crippen LogP contribution in [0.1, 0.15) is 129 Å². The minimum Gasteiger partial charge on any atom is -0.491 e. The molecule has 1 aromatic carbocycles. The predicted molar refractivity (Wildman–Crippen MR) is 146 cm³/mol. The van der Waals surface area contributed by atoms with Crippen LogP contribution in [0.2, 0.25) is 0 Å². The zero-order valence-electron chi connectivity index (χ0n) is 22.4. The van der Waals surface area contributed by atoms with Crippen LogP contribution in [0.25, 0.3) is 11.4 Å². The van der Waals surface area contributed by atoms with E-state index in [0.717, 1.165) is 30.0 Å². The number of benzene rings is 1. The highest BCUT2D eigenvalue weighted by atomic mass is 16.5. The Bertz CT molecular complexity index is 726. The number of aryl methyl sites for hydroxylation is 1. The average molecular weight is 467 g/mol. The third-order valence-electron chi connectivity index (χ3n) is 6.69. The van der Waals surface area contributed by atoms with E-state index < -0.39 is 0 Å². The summed E-state index contributed by atoms with van der Waals surface area (Å²) < 4.78 is 6.04. The van der Waals surface area contributed by atoms with Gasteiger partial charge in [0, 0.05) is 18.0 Å². The standard InChI is InChI=1S/C31H50N2O/c1-4-6-8-9-10-11-12-13-14-15-16-18-20-28-25-32-31(33-26-28)29-21-23-30(24-22-29)34-27(3)19-17-7-5-2/h21-27H,4-20H2,1-3H3/t27-/m0/s1. The Labute approximate surface area is 210 Å². The number of hydrogen-bond acceptors (Lipinski definition) is 3. The van der Waals surface area contributed by atoms with Crippen molar-refractivity contribution in [3.8, 4) is 17.1 Å². The number of unbranched alkanes of at least 4 members (excludes halogenated alkanes) is 13. The van der Waals surface area contributed by atoms with E-state index in [1.807, 2.05) is 24.5 Å². The van der Waals surface area contributed by atoms with Crippen LogP contribution in [0.15, 0.2) is 36.7 Å². The monoisotopic (exact) mass is 466 g/mol. The van der Waals surface area contributed by atoms with Gasteiger partial charge in [-0.2, -0.15) is 0 Å². The highest BCUT2D eigenvalue weighted by Gasteiger charge is 2.06. The summed E-state index contributed by atoms with van der Waals surface area (Å²) in [5, 5.41) is 0. The van der Waals surface area contributed by atoms with Gasteiger partial charge in [0.2, 0.25) is 0 Å². The SMILES string of the molecule is CCCCCCCCCCCCCCc1cnc(-c2ccc(O[C@@H](C)CCCCC)cc2)nc1. The molecule has 3 heteroatoms. The molecule has 190 valence electrons. The molecule has 0 saturated carbocycles. The van der Waals surface area contributed by atoms with Gasteiger partial charge in [0.05, 0.1) is 6.10 Å². The van der Waals surface area contributed by atoms with E-state index in [1.165, 1.54) is 102 Å². The fraction of sp³-hybridized carbons (Fsp3) is 0.677. The second kappa shape index (κ2) is 18.4. The van der Waals surface area contributed by atoms with Gasteiger partial charge in [-0.1, -0.05) is 97.3 Å². The van der Waals surface area contributed by atoms with Gasteiger partial charge >= 0.3 is 0 Å². The van der Waals surface area contributed by atoms with Crippen molar-refractivity contribution in [1.29, 1.82) is 0 Å². The number of ether oxygens (including phenoxy) is 1. The third-order valence-corrected chi connectivity index (χ3v) is 6.69. The van der Waals surface area contributed by atoms with E-state index in [9.17, 15) is 0 Å². The lowest BCUT2D eigenvalue weighted by Gasteiger charge is -2.14. The molecular weight excluding hydrogens is 416 g/mol. The molecule has 2 aromatic rings. The molecule has 0 radical (unpaired) electrons. The minimum absolute atomic E-state index is 0.258. The van der Waals surface area contributed by atoms with Crippen molar-refractivity contribution in [2.75, 3.05) is 0 Å². The quantitative estimate of drug-likeness (QED) is 0.182. The lowest BCUT2D eigenvalue weighted by Crippen LogP contribution is -2.11. The first-order valence-corrected chi connectivity index (χ1v) is 14.3. The predicted octanol–water partition coefficient (Wildman–Crippen LogP) is 9.73. The van der Waals surface area contributed by atoms with Crippen LogP contribution in [0.5, 0.6) is 5.75 Å². The molecule has 1 atom stereocenters. The molecule has 0 aliphatic carbocycles. The van der Waals surface area contributed by atoms with Crippen molar-refractivity contribution < 1.29 is 4.74 Å². The number of hydrogen-bond donors (Lipinski definition) is 0. The van der Waals surface area contributed by atoms with Gasteiger partial charge in [0.1, 0.15) is 5.75 Å². The van der Waals surface area contributed by atoms with Gasteiger partial charge in [-0.15, -0.1) is 0 Å². The van der Waals surface area contributed by atoms with Crippen LogP contribution < -0.4 is 4.74 Å². The van der Waals surface area contributed by atoms with E-state index in [-0.39, 0.29) is 6.10 Å². The molecule has 1 heterocycles. The molecule has 0 aliphatic heterocycles. The highest BCUT2D eigenvalue weighted by Crippen LogP contribution is 2.21. The molecule has 0 spiro atoms. The maximum Gasteiger partial charge on any atom is 0.159 e. The topological polar surface area (TPSA) is 35.0 Å². The summed E-state index contributed by atoms with van der Waals surface area (Å²) in [6.45, 7) is 6.68. The summed E-state index contributed by atoms with van der Waals surface area (Å²) in [6.07, 6.45) is 26.8. The fourth-order valence-corrected chi connectivity index (χ4v) is 4.46. The number of nitrogens with zero attached hydrogens (tertiary/aromatic N) is 2. The van der Waals surface area contributed by atoms with E-state index in [0.29, 0.717) is 0 Å². The molecule has 34 heavy (non-hydrogen) atoms. The highest BCUT2D eigenvalue weighted by molar-refractivity contribution is 5.55. The first kappa shape index (κ1) is 28.3. The maximum atomic E-state index is 6.04. The second-order valence-electron chi connectivity index (χ2n) is 10.0. The molecule has 0 bridgehead atoms. The van der Waals surface area contributed by atoms with Gasteiger partial charge in [0.25, 0.3) is 0 Å². The number of rotatable bonds is 20. The Balaban J connectivity index is 1.58. The fourth-order valence-electron chi connectivity index (χ4n) is 4.46. The first-order valence-electron chi connectivity index (χ1n) is 14.3. The minimum atomic E-state index is 0.258. The van der Waals surface area contributed by atoms with E-state index in [1.54, 1.807) is 0 Å². The van der Waals surface area contributed by atoms with Crippen molar-refractivity contribution in [1.82, 2.24) is 9.97 Å². The molecule has 0 unspecified atom stereocenters. The van der Waals surface area contributed by atoms with Crippen molar-refractivity contribution >= 4 is 0 Å². The summed E-state index contributed by atoms with van der Waals surface area (Å²) in [6, 6.07) is 8.20. The molecule has 3 nitrogen and oxygen atoms in total. The van der Waals surface area contributed by atoms with Crippen LogP contribution in [0, 0.1) is 0 Å². The van der Waals surface area contributed by atoms with Crippen molar-refractivity contribution in [3.05, 3.63) is 42.2 Å². The molecule has 0 amide bonds. The van der Waals surface area contributed by atoms with Gasteiger partial charge in [-0.05, 0) is 62.4 Å². The van der Waals surface area contributed by atoms with Gasteiger partial charge in [-0.3, -0.25) is 0 Å². The van der Waals surface area contributed by atoms with Crippen molar-refractivity contribution in [3.63, 3.8) is 0 Å². The zero-order valence-corrected chi connectivity index (χ0v) is 22.4. The first-order chi connectivity index (χ1) is 16.7. The van der Waals surface area contributed by atoms with Crippen LogP contribution in [0.4, 0.5) is 0 Å². The van der Waals surface area contributed by atoms with E-state index >= 15 is 0 Å². The van der Waals surface area contributed by atoms with Crippen LogP contribution >= 0.6 is 0 Å². The van der Waals surface area contributed by atoms with Gasteiger partial charge in [0.15, 0.2) is 5.82 Å². The smallest absolute Gasteiger partial charge is 0.159 e. The van der Waals surface area contributed by atoms with Crippen molar-refractivity contribution in [2.24, 2.45) is 0 Å². The van der Waals surface area contributed by atoms with Crippen LogP contribution in [0.3, 0.4) is 0 Å². The molecule has 1 aromatic heterocycles. The van der Waals surface area contributed by atoms with E-state index in [2.05, 4.69) is 42.9 Å². The maximum absolute atomic E-state index is 6.04. The summed E-state index contributed by atoms with van der Waals surface area (Å²) in [7, 11) is 0. The van der Waals surface area contributed by atoms with Gasteiger partial charge < -0.3 is 4.74 Å².